The second-order valence-corrected chi connectivity index (χ2v) is 9.85. The van der Waals surface area contributed by atoms with Gasteiger partial charge in [0.25, 0.3) is 0 Å². The molecule has 2 heterocycles. The van der Waals surface area contributed by atoms with Crippen LogP contribution in [0.3, 0.4) is 0 Å². The Balaban J connectivity index is 1.64. The fourth-order valence-electron chi connectivity index (χ4n) is 3.90. The summed E-state index contributed by atoms with van der Waals surface area (Å²) >= 11 is 6.10. The molecule has 0 N–H and O–H groups in total. The molecule has 3 rings (SSSR count). The van der Waals surface area contributed by atoms with Gasteiger partial charge in [-0.15, -0.1) is 0 Å². The Hall–Kier alpha value is -2.04. The summed E-state index contributed by atoms with van der Waals surface area (Å²) in [6.45, 7) is 4.18. The van der Waals surface area contributed by atoms with E-state index in [2.05, 4.69) is 0 Å². The van der Waals surface area contributed by atoms with Gasteiger partial charge in [-0.25, -0.2) is 13.2 Å². The number of rotatable bonds is 5. The van der Waals surface area contributed by atoms with Gasteiger partial charge in [-0.1, -0.05) is 11.6 Å². The largest absolute Gasteiger partial charge is 0.495 e. The summed E-state index contributed by atoms with van der Waals surface area (Å²) in [5, 5.41) is 0.215. The van der Waals surface area contributed by atoms with Crippen LogP contribution in [0.2, 0.25) is 5.02 Å². The van der Waals surface area contributed by atoms with Crippen molar-refractivity contribution >= 4 is 33.6 Å². The summed E-state index contributed by atoms with van der Waals surface area (Å²) in [6.07, 6.45) is 0.858. The fourth-order valence-corrected chi connectivity index (χ4v) is 5.77. The van der Waals surface area contributed by atoms with E-state index >= 15 is 0 Å². The molecule has 0 aromatic heterocycles. The highest BCUT2D eigenvalue weighted by Gasteiger charge is 2.36. The number of halogens is 1. The second-order valence-electron chi connectivity index (χ2n) is 7.51. The van der Waals surface area contributed by atoms with Crippen LogP contribution in [0.1, 0.15) is 19.8 Å². The molecule has 1 aromatic rings. The lowest BCUT2D eigenvalue weighted by Gasteiger charge is -2.38. The van der Waals surface area contributed by atoms with E-state index in [1.807, 2.05) is 0 Å². The highest BCUT2D eigenvalue weighted by molar-refractivity contribution is 7.89. The van der Waals surface area contributed by atoms with Crippen molar-refractivity contribution < 1.29 is 27.5 Å². The molecule has 172 valence electrons. The third-order valence-electron chi connectivity index (χ3n) is 5.61. The number of nitrogens with zero attached hydrogens (tertiary/aromatic N) is 3. The molecule has 0 bridgehead atoms. The number of hydrogen-bond acceptors (Lipinski definition) is 6. The fraction of sp³-hybridized carbons (Fsp3) is 0.600. The number of carbonyl (C=O) groups is 2. The number of ether oxygens (including phenoxy) is 2. The van der Waals surface area contributed by atoms with Crippen molar-refractivity contribution in [3.8, 4) is 5.75 Å². The number of methoxy groups -OCH3 is 1. The van der Waals surface area contributed by atoms with Crippen LogP contribution in [-0.2, 0) is 19.6 Å². The van der Waals surface area contributed by atoms with Crippen LogP contribution in [0.15, 0.2) is 23.1 Å². The maximum atomic E-state index is 13.1. The Bertz CT molecular complexity index is 917. The minimum atomic E-state index is -3.78. The summed E-state index contributed by atoms with van der Waals surface area (Å²) in [5.74, 6) is -0.0863. The molecule has 2 fully saturated rings. The predicted molar refractivity (Wildman–Crippen MR) is 115 cm³/mol. The SMILES string of the molecule is CCOC(=O)N1CCN(C(=O)[C@@H]2CCCN(S(=O)(=O)c3ccc(OC)c(Cl)c3)C2)CC1. The molecule has 1 aromatic carbocycles. The first kappa shape index (κ1) is 23.6. The van der Waals surface area contributed by atoms with Gasteiger partial charge in [0.15, 0.2) is 0 Å². The molecule has 2 amide bonds. The number of benzene rings is 1. The highest BCUT2D eigenvalue weighted by atomic mass is 35.5. The van der Waals surface area contributed by atoms with Gasteiger partial charge in [0.2, 0.25) is 15.9 Å². The minimum absolute atomic E-state index is 0.0730. The van der Waals surface area contributed by atoms with Gasteiger partial charge in [-0.3, -0.25) is 4.79 Å². The Morgan fingerprint density at radius 3 is 2.42 bits per heavy atom. The number of amides is 2. The normalized spacial score (nSPS) is 20.4. The molecule has 2 aliphatic rings. The first-order chi connectivity index (χ1) is 14.8. The highest BCUT2D eigenvalue weighted by Crippen LogP contribution is 2.30. The minimum Gasteiger partial charge on any atom is -0.495 e. The Labute approximate surface area is 187 Å². The molecule has 0 aliphatic carbocycles. The molecule has 1 atom stereocenters. The zero-order valence-corrected chi connectivity index (χ0v) is 19.3. The van der Waals surface area contributed by atoms with Crippen molar-refractivity contribution in [1.82, 2.24) is 14.1 Å². The van der Waals surface area contributed by atoms with Crippen LogP contribution in [0.4, 0.5) is 4.79 Å². The molecule has 11 heteroatoms. The summed E-state index contributed by atoms with van der Waals surface area (Å²) in [7, 11) is -2.32. The van der Waals surface area contributed by atoms with Crippen LogP contribution >= 0.6 is 11.6 Å². The molecule has 9 nitrogen and oxygen atoms in total. The lowest BCUT2D eigenvalue weighted by atomic mass is 9.98. The van der Waals surface area contributed by atoms with Crippen molar-refractivity contribution in [1.29, 1.82) is 0 Å². The molecular weight excluding hydrogens is 446 g/mol. The predicted octanol–water partition coefficient (Wildman–Crippen LogP) is 2.05. The van der Waals surface area contributed by atoms with Crippen molar-refractivity contribution in [2.75, 3.05) is 53.0 Å². The van der Waals surface area contributed by atoms with Gasteiger partial charge >= 0.3 is 6.09 Å². The molecule has 0 unspecified atom stereocenters. The van der Waals surface area contributed by atoms with Crippen molar-refractivity contribution in [3.05, 3.63) is 23.2 Å². The second kappa shape index (κ2) is 10.1. The van der Waals surface area contributed by atoms with Crippen LogP contribution < -0.4 is 4.74 Å². The topological polar surface area (TPSA) is 96.5 Å². The standard InChI is InChI=1S/C20H28ClN3O6S/c1-3-30-20(26)23-11-9-22(10-12-23)19(25)15-5-4-8-24(14-15)31(27,28)16-6-7-18(29-2)17(21)13-16/h6-7,13,15H,3-5,8-12,14H2,1-2H3/t15-/m1/s1. The lowest BCUT2D eigenvalue weighted by Crippen LogP contribution is -2.54. The summed E-state index contributed by atoms with van der Waals surface area (Å²) < 4.78 is 37.7. The smallest absolute Gasteiger partial charge is 0.409 e. The first-order valence-electron chi connectivity index (χ1n) is 10.3. The number of piperidine rings is 1. The maximum Gasteiger partial charge on any atom is 0.409 e. The van der Waals surface area contributed by atoms with E-state index in [0.717, 1.165) is 0 Å². The molecule has 2 aliphatic heterocycles. The summed E-state index contributed by atoms with van der Waals surface area (Å²) in [4.78, 5) is 28.2. The van der Waals surface area contributed by atoms with E-state index in [4.69, 9.17) is 21.1 Å². The van der Waals surface area contributed by atoms with Gasteiger partial charge in [-0.05, 0) is 38.0 Å². The van der Waals surface area contributed by atoms with Gasteiger partial charge in [0, 0.05) is 39.3 Å². The van der Waals surface area contributed by atoms with Gasteiger partial charge < -0.3 is 19.3 Å². The Morgan fingerprint density at radius 1 is 1.13 bits per heavy atom. The maximum absolute atomic E-state index is 13.1. The van der Waals surface area contributed by atoms with Crippen LogP contribution in [0, 0.1) is 5.92 Å². The van der Waals surface area contributed by atoms with E-state index in [1.54, 1.807) is 16.7 Å². The van der Waals surface area contributed by atoms with E-state index in [1.165, 1.54) is 29.6 Å². The molecule has 0 spiro atoms. The van der Waals surface area contributed by atoms with Crippen molar-refractivity contribution in [3.63, 3.8) is 0 Å². The summed E-state index contributed by atoms with van der Waals surface area (Å²) in [6, 6.07) is 4.35. The van der Waals surface area contributed by atoms with Crippen molar-refractivity contribution in [2.24, 2.45) is 5.92 Å². The summed E-state index contributed by atoms with van der Waals surface area (Å²) in [5.41, 5.74) is 0. The number of carbonyl (C=O) groups excluding carboxylic acids is 2. The quantitative estimate of drug-likeness (QED) is 0.649. The van der Waals surface area contributed by atoms with Crippen LogP contribution in [0.25, 0.3) is 0 Å². The van der Waals surface area contributed by atoms with E-state index in [0.29, 0.717) is 57.9 Å². The lowest BCUT2D eigenvalue weighted by molar-refractivity contribution is -0.138. The average Bonchev–Trinajstić information content (AvgIpc) is 2.79. The Morgan fingerprint density at radius 2 is 1.81 bits per heavy atom. The van der Waals surface area contributed by atoms with Crippen LogP contribution in [-0.4, -0.2) is 87.5 Å². The Kier molecular flexibility index (Phi) is 7.66. The van der Waals surface area contributed by atoms with E-state index in [-0.39, 0.29) is 28.5 Å². The molecule has 31 heavy (non-hydrogen) atoms. The van der Waals surface area contributed by atoms with Gasteiger partial charge in [-0.2, -0.15) is 4.31 Å². The first-order valence-corrected chi connectivity index (χ1v) is 12.1. The molecule has 2 saturated heterocycles. The zero-order valence-electron chi connectivity index (χ0n) is 17.8. The van der Waals surface area contributed by atoms with Gasteiger partial charge in [0.05, 0.1) is 29.6 Å². The number of piperazine rings is 1. The molecule has 0 saturated carbocycles. The third-order valence-corrected chi connectivity index (χ3v) is 7.77. The van der Waals surface area contributed by atoms with E-state index < -0.39 is 15.9 Å². The number of hydrogen-bond donors (Lipinski definition) is 0. The van der Waals surface area contributed by atoms with Crippen LogP contribution in [0.5, 0.6) is 5.75 Å². The van der Waals surface area contributed by atoms with E-state index in [9.17, 15) is 18.0 Å². The zero-order chi connectivity index (χ0) is 22.6. The van der Waals surface area contributed by atoms with Gasteiger partial charge in [0.1, 0.15) is 5.75 Å². The molecule has 0 radical (unpaired) electrons. The monoisotopic (exact) mass is 473 g/mol. The number of sulfonamides is 1. The average molecular weight is 474 g/mol. The molecular formula is C20H28ClN3O6S. The third kappa shape index (κ3) is 5.24. The van der Waals surface area contributed by atoms with Crippen molar-refractivity contribution in [2.45, 2.75) is 24.7 Å².